The molecule has 0 aliphatic carbocycles. The Kier molecular flexibility index (Phi) is 13.1. The minimum atomic E-state index is -0.222. The third-order valence-corrected chi connectivity index (χ3v) is 5.47. The molecular weight excluding hydrogens is 400 g/mol. The first-order valence-electron chi connectivity index (χ1n) is 12.5. The van der Waals surface area contributed by atoms with E-state index in [1.165, 1.54) is 57.8 Å². The highest BCUT2D eigenvalue weighted by molar-refractivity contribution is 5.72. The first kappa shape index (κ1) is 25.8. The summed E-state index contributed by atoms with van der Waals surface area (Å²) >= 11 is 0. The molecule has 0 radical (unpaired) electrons. The highest BCUT2D eigenvalue weighted by Crippen LogP contribution is 2.21. The molecule has 5 nitrogen and oxygen atoms in total. The molecule has 0 aliphatic heterocycles. The molecule has 0 saturated carbocycles. The topological polar surface area (TPSA) is 61.3 Å². The van der Waals surface area contributed by atoms with Crippen LogP contribution in [-0.4, -0.2) is 22.5 Å². The lowest BCUT2D eigenvalue weighted by atomic mass is 10.1. The van der Waals surface area contributed by atoms with Crippen LogP contribution in [0.3, 0.4) is 0 Å². The Balaban J connectivity index is 1.68. The molecule has 1 aromatic heterocycles. The predicted molar refractivity (Wildman–Crippen MR) is 130 cm³/mol. The van der Waals surface area contributed by atoms with Gasteiger partial charge in [-0.15, -0.1) is 0 Å². The number of hydrogen-bond donors (Lipinski definition) is 0. The third kappa shape index (κ3) is 10.7. The molecule has 0 aliphatic rings. The summed E-state index contributed by atoms with van der Waals surface area (Å²) in [4.78, 5) is 20.6. The van der Waals surface area contributed by atoms with Gasteiger partial charge in [-0.3, -0.25) is 4.79 Å². The van der Waals surface area contributed by atoms with E-state index in [-0.39, 0.29) is 5.97 Å². The van der Waals surface area contributed by atoms with E-state index < -0.39 is 0 Å². The number of aromatic nitrogens is 2. The van der Waals surface area contributed by atoms with E-state index in [1.807, 2.05) is 24.3 Å². The zero-order chi connectivity index (χ0) is 22.9. The molecule has 1 heterocycles. The number of rotatable bonds is 17. The SMILES string of the molecule is CCCCCCCCCOc1ccc(-c2ncc(OC(=O)CCCCCCC)cn2)cc1. The molecule has 0 bridgehead atoms. The molecule has 2 aromatic rings. The van der Waals surface area contributed by atoms with Crippen LogP contribution in [-0.2, 0) is 4.79 Å². The number of nitrogens with zero attached hydrogens (tertiary/aromatic N) is 2. The minimum absolute atomic E-state index is 0.222. The van der Waals surface area contributed by atoms with Crippen LogP contribution < -0.4 is 9.47 Å². The van der Waals surface area contributed by atoms with Gasteiger partial charge in [0, 0.05) is 12.0 Å². The first-order chi connectivity index (χ1) is 15.7. The number of carbonyl (C=O) groups excluding carboxylic acids is 1. The molecule has 2 rings (SSSR count). The van der Waals surface area contributed by atoms with E-state index in [0.29, 0.717) is 18.0 Å². The monoisotopic (exact) mass is 440 g/mol. The third-order valence-electron chi connectivity index (χ3n) is 5.47. The van der Waals surface area contributed by atoms with Gasteiger partial charge in [-0.2, -0.15) is 0 Å². The average Bonchev–Trinajstić information content (AvgIpc) is 2.81. The molecule has 5 heteroatoms. The first-order valence-corrected chi connectivity index (χ1v) is 12.5. The van der Waals surface area contributed by atoms with E-state index in [2.05, 4.69) is 23.8 Å². The number of benzene rings is 1. The lowest BCUT2D eigenvalue weighted by molar-refractivity contribution is -0.134. The molecular formula is C27H40N2O3. The summed E-state index contributed by atoms with van der Waals surface area (Å²) in [6, 6.07) is 7.81. The molecule has 176 valence electrons. The maximum atomic E-state index is 11.9. The van der Waals surface area contributed by atoms with Crippen LogP contribution in [0.25, 0.3) is 11.4 Å². The molecule has 0 fully saturated rings. The lowest BCUT2D eigenvalue weighted by Crippen LogP contribution is -2.08. The van der Waals surface area contributed by atoms with Gasteiger partial charge in [0.1, 0.15) is 5.75 Å². The van der Waals surface area contributed by atoms with Crippen LogP contribution in [0.4, 0.5) is 0 Å². The van der Waals surface area contributed by atoms with Crippen molar-refractivity contribution >= 4 is 5.97 Å². The van der Waals surface area contributed by atoms with Crippen LogP contribution in [0.1, 0.15) is 97.3 Å². The molecule has 32 heavy (non-hydrogen) atoms. The summed E-state index contributed by atoms with van der Waals surface area (Å²) in [5.74, 6) is 1.63. The van der Waals surface area contributed by atoms with E-state index in [0.717, 1.165) is 37.2 Å². The normalized spacial score (nSPS) is 10.8. The Labute approximate surface area is 194 Å². The lowest BCUT2D eigenvalue weighted by Gasteiger charge is -2.08. The van der Waals surface area contributed by atoms with Gasteiger partial charge in [-0.1, -0.05) is 78.1 Å². The summed E-state index contributed by atoms with van der Waals surface area (Å²) in [5, 5.41) is 0. The molecule has 0 saturated heterocycles. The Morgan fingerprint density at radius 3 is 1.91 bits per heavy atom. The van der Waals surface area contributed by atoms with E-state index in [1.54, 1.807) is 12.4 Å². The highest BCUT2D eigenvalue weighted by Gasteiger charge is 2.07. The second kappa shape index (κ2) is 16.2. The van der Waals surface area contributed by atoms with E-state index in [4.69, 9.17) is 9.47 Å². The number of carbonyl (C=O) groups is 1. The minimum Gasteiger partial charge on any atom is -0.494 e. The van der Waals surface area contributed by atoms with E-state index >= 15 is 0 Å². The second-order valence-corrected chi connectivity index (χ2v) is 8.37. The quantitative estimate of drug-likeness (QED) is 0.188. The zero-order valence-electron chi connectivity index (χ0n) is 20.0. The maximum Gasteiger partial charge on any atom is 0.311 e. The van der Waals surface area contributed by atoms with Crippen molar-refractivity contribution in [2.45, 2.75) is 97.3 Å². The number of esters is 1. The van der Waals surface area contributed by atoms with Gasteiger partial charge >= 0.3 is 5.97 Å². The van der Waals surface area contributed by atoms with Crippen molar-refractivity contribution in [1.82, 2.24) is 9.97 Å². The largest absolute Gasteiger partial charge is 0.494 e. The van der Waals surface area contributed by atoms with Crippen molar-refractivity contribution in [3.05, 3.63) is 36.7 Å². The van der Waals surface area contributed by atoms with Gasteiger partial charge in [0.15, 0.2) is 11.6 Å². The van der Waals surface area contributed by atoms with Crippen molar-refractivity contribution in [1.29, 1.82) is 0 Å². The average molecular weight is 441 g/mol. The van der Waals surface area contributed by atoms with Crippen molar-refractivity contribution < 1.29 is 14.3 Å². The van der Waals surface area contributed by atoms with Crippen LogP contribution in [0.5, 0.6) is 11.5 Å². The fraction of sp³-hybridized carbons (Fsp3) is 0.593. The van der Waals surface area contributed by atoms with Crippen molar-refractivity contribution in [3.63, 3.8) is 0 Å². The summed E-state index contributed by atoms with van der Waals surface area (Å²) in [5.41, 5.74) is 0.905. The van der Waals surface area contributed by atoms with Crippen molar-refractivity contribution in [2.75, 3.05) is 6.61 Å². The van der Waals surface area contributed by atoms with Crippen molar-refractivity contribution in [3.8, 4) is 22.9 Å². The molecule has 0 amide bonds. The van der Waals surface area contributed by atoms with Gasteiger partial charge in [-0.25, -0.2) is 9.97 Å². The number of ether oxygens (including phenoxy) is 2. The van der Waals surface area contributed by atoms with Crippen LogP contribution in [0.2, 0.25) is 0 Å². The summed E-state index contributed by atoms with van der Waals surface area (Å²) in [6.45, 7) is 5.18. The van der Waals surface area contributed by atoms with Gasteiger partial charge in [-0.05, 0) is 37.1 Å². The smallest absolute Gasteiger partial charge is 0.311 e. The van der Waals surface area contributed by atoms with Gasteiger partial charge in [0.05, 0.1) is 19.0 Å². The maximum absolute atomic E-state index is 11.9. The molecule has 0 N–H and O–H groups in total. The number of hydrogen-bond acceptors (Lipinski definition) is 5. The van der Waals surface area contributed by atoms with Crippen LogP contribution in [0.15, 0.2) is 36.7 Å². The zero-order valence-corrected chi connectivity index (χ0v) is 20.0. The van der Waals surface area contributed by atoms with E-state index in [9.17, 15) is 4.79 Å². The van der Waals surface area contributed by atoms with Crippen LogP contribution >= 0.6 is 0 Å². The second-order valence-electron chi connectivity index (χ2n) is 8.37. The van der Waals surface area contributed by atoms with Gasteiger partial charge < -0.3 is 9.47 Å². The Bertz CT molecular complexity index is 745. The summed E-state index contributed by atoms with van der Waals surface area (Å²) in [7, 11) is 0. The molecule has 0 atom stereocenters. The predicted octanol–water partition coefficient (Wildman–Crippen LogP) is 7.54. The van der Waals surface area contributed by atoms with Gasteiger partial charge in [0.2, 0.25) is 0 Å². The van der Waals surface area contributed by atoms with Crippen LogP contribution in [0, 0.1) is 0 Å². The fourth-order valence-electron chi connectivity index (χ4n) is 3.52. The van der Waals surface area contributed by atoms with Gasteiger partial charge in [0.25, 0.3) is 0 Å². The molecule has 1 aromatic carbocycles. The fourth-order valence-corrected chi connectivity index (χ4v) is 3.52. The Morgan fingerprint density at radius 2 is 1.28 bits per heavy atom. The molecule has 0 spiro atoms. The standard InChI is InChI=1S/C27H40N2O3/c1-3-5-7-9-10-12-14-20-31-24-18-16-23(17-19-24)27-28-21-25(22-29-27)32-26(30)15-13-11-8-6-4-2/h16-19,21-22H,3-15,20H2,1-2H3. The summed E-state index contributed by atoms with van der Waals surface area (Å²) in [6.07, 6.45) is 18.0. The molecule has 0 unspecified atom stereocenters. The Hall–Kier alpha value is -2.43. The highest BCUT2D eigenvalue weighted by atomic mass is 16.5. The summed E-state index contributed by atoms with van der Waals surface area (Å²) < 4.78 is 11.2. The number of unbranched alkanes of at least 4 members (excludes halogenated alkanes) is 10. The Morgan fingerprint density at radius 1 is 0.719 bits per heavy atom. The van der Waals surface area contributed by atoms with Crippen molar-refractivity contribution in [2.24, 2.45) is 0 Å².